The van der Waals surface area contributed by atoms with Crippen molar-refractivity contribution in [2.75, 3.05) is 0 Å². The van der Waals surface area contributed by atoms with E-state index in [9.17, 15) is 17.3 Å². The van der Waals surface area contributed by atoms with Crippen molar-refractivity contribution in [3.05, 3.63) is 63.8 Å². The Morgan fingerprint density at radius 2 is 0.842 bits per heavy atom. The van der Waals surface area contributed by atoms with E-state index in [0.29, 0.717) is 0 Å². The van der Waals surface area contributed by atoms with E-state index in [-0.39, 0.29) is 21.1 Å². The van der Waals surface area contributed by atoms with Crippen LogP contribution in [0.3, 0.4) is 0 Å². The minimum Gasteiger partial charge on any atom is -0.0767 e. The zero-order valence-electron chi connectivity index (χ0n) is 9.52. The van der Waals surface area contributed by atoms with Gasteiger partial charge in [0.15, 0.2) is 0 Å². The third-order valence-electron chi connectivity index (χ3n) is 0.556. The number of halogens is 4. The molecular formula is C10H9BF4MoO3-. The monoisotopic (exact) mass is 362 g/mol. The van der Waals surface area contributed by atoms with E-state index in [1.54, 1.807) is 0 Å². The predicted molar refractivity (Wildman–Crippen MR) is 55.8 cm³/mol. The Kier molecular flexibility index (Phi) is 82.8. The normalized spacial score (nSPS) is 8.32. The van der Waals surface area contributed by atoms with Crippen LogP contribution in [0.25, 0.3) is 0 Å². The summed E-state index contributed by atoms with van der Waals surface area (Å²) in [6.07, 6.45) is 10.0. The molecule has 1 aliphatic rings. The van der Waals surface area contributed by atoms with Crippen LogP contribution in [-0.4, -0.2) is 7.25 Å². The van der Waals surface area contributed by atoms with Crippen molar-refractivity contribution in [2.45, 2.75) is 0 Å². The molecule has 0 bridgehead atoms. The first kappa shape index (κ1) is 36.1. The number of hydrogen-bond donors (Lipinski definition) is 0. The van der Waals surface area contributed by atoms with Gasteiger partial charge in [-0.15, -0.1) is 13.2 Å². The Labute approximate surface area is 124 Å². The average molecular weight is 360 g/mol. The van der Waals surface area contributed by atoms with Crippen LogP contribution in [0.2, 0.25) is 0 Å². The Morgan fingerprint density at radius 1 is 0.684 bits per heavy atom. The van der Waals surface area contributed by atoms with Crippen molar-refractivity contribution in [3.63, 3.8) is 0 Å². The van der Waals surface area contributed by atoms with Crippen molar-refractivity contribution >= 4 is 7.25 Å². The number of allylic oxidation sites excluding steroid dienone is 4. The summed E-state index contributed by atoms with van der Waals surface area (Å²) >= 11 is 0. The SMILES string of the molecule is C=C.F[B-](F)(F)F.[C-]#[O+].[C-]#[O+].[C-]#[O+].[CH]1C=CC=C1.[Mo]. The van der Waals surface area contributed by atoms with Crippen molar-refractivity contribution < 1.29 is 52.3 Å². The predicted octanol–water partition coefficient (Wildman–Crippen LogP) is 3.30. The van der Waals surface area contributed by atoms with Crippen LogP contribution in [0.4, 0.5) is 17.3 Å². The van der Waals surface area contributed by atoms with Crippen LogP contribution in [0.15, 0.2) is 37.5 Å². The summed E-state index contributed by atoms with van der Waals surface area (Å²) in [5.41, 5.74) is 0. The van der Waals surface area contributed by atoms with Gasteiger partial charge in [0, 0.05) is 27.5 Å². The third kappa shape index (κ3) is 246. The molecule has 1 rings (SSSR count). The molecule has 0 aromatic rings. The summed E-state index contributed by atoms with van der Waals surface area (Å²) in [6.45, 7) is 19.5. The molecule has 0 saturated heterocycles. The van der Waals surface area contributed by atoms with Crippen LogP contribution < -0.4 is 0 Å². The first-order chi connectivity index (χ1) is 8.50. The van der Waals surface area contributed by atoms with Gasteiger partial charge < -0.3 is 17.3 Å². The van der Waals surface area contributed by atoms with Crippen LogP contribution in [0.5, 0.6) is 0 Å². The van der Waals surface area contributed by atoms with Gasteiger partial charge in [-0.25, -0.2) is 0 Å². The molecular weight excluding hydrogens is 351 g/mol. The zero-order chi connectivity index (χ0) is 16.0. The molecule has 0 aliphatic heterocycles. The van der Waals surface area contributed by atoms with Crippen molar-refractivity contribution in [2.24, 2.45) is 0 Å². The van der Waals surface area contributed by atoms with Crippen LogP contribution in [0, 0.1) is 26.4 Å². The van der Waals surface area contributed by atoms with Gasteiger partial charge in [0.25, 0.3) is 0 Å². The molecule has 0 amide bonds. The Balaban J connectivity index is -0.0000000285. The second-order valence-corrected chi connectivity index (χ2v) is 1.46. The smallest absolute Gasteiger partial charge is 0.00506 e. The van der Waals surface area contributed by atoms with Gasteiger partial charge in [-0.2, -0.15) is 0 Å². The minimum atomic E-state index is -6.00. The fourth-order valence-corrected chi connectivity index (χ4v) is 0.321. The quantitative estimate of drug-likeness (QED) is 0.209. The molecule has 0 aromatic carbocycles. The van der Waals surface area contributed by atoms with Crippen LogP contribution in [-0.2, 0) is 35.0 Å². The minimum absolute atomic E-state index is 0. The molecule has 3 nitrogen and oxygen atoms in total. The molecule has 105 valence electrons. The summed E-state index contributed by atoms with van der Waals surface area (Å²) in [5.74, 6) is 0. The van der Waals surface area contributed by atoms with E-state index in [1.807, 2.05) is 30.7 Å². The molecule has 0 atom stereocenters. The average Bonchev–Trinajstić information content (AvgIpc) is 2.95. The molecule has 0 heterocycles. The maximum Gasteiger partial charge on any atom is 0.00506 e. The standard InChI is InChI=1S/C5H5.C2H4.3CO.BF4.Mo/c1-2-4-5-3-1;4*1-2;2-1(3,4)5;/h1-5H;1-2H2;;;;;/q;;;;;-1;. The molecule has 1 radical (unpaired) electrons. The summed E-state index contributed by atoms with van der Waals surface area (Å²) in [7, 11) is -6.00. The zero-order valence-corrected chi connectivity index (χ0v) is 11.5. The first-order valence-corrected chi connectivity index (χ1v) is 3.65. The first-order valence-electron chi connectivity index (χ1n) is 3.65. The van der Waals surface area contributed by atoms with Gasteiger partial charge in [0.2, 0.25) is 0 Å². The Hall–Kier alpha value is -1.09. The summed E-state index contributed by atoms with van der Waals surface area (Å²) in [6, 6.07) is 0. The van der Waals surface area contributed by atoms with E-state index in [4.69, 9.17) is 14.0 Å². The summed E-state index contributed by atoms with van der Waals surface area (Å²) in [4.78, 5) is 0. The fraction of sp³-hybridized carbons (Fsp3) is 0. The van der Waals surface area contributed by atoms with Gasteiger partial charge in [-0.3, -0.25) is 0 Å². The van der Waals surface area contributed by atoms with Crippen LogP contribution >= 0.6 is 0 Å². The molecule has 0 N–H and O–H groups in total. The second kappa shape index (κ2) is 43.6. The summed E-state index contributed by atoms with van der Waals surface area (Å²) < 4.78 is 61.5. The Bertz CT molecular complexity index is 229. The molecule has 0 saturated carbocycles. The molecule has 0 fully saturated rings. The molecule has 9 heteroatoms. The van der Waals surface area contributed by atoms with Gasteiger partial charge in [0.05, 0.1) is 0 Å². The second-order valence-electron chi connectivity index (χ2n) is 1.46. The maximum atomic E-state index is 9.75. The molecule has 1 aliphatic carbocycles. The van der Waals surface area contributed by atoms with Crippen LogP contribution in [0.1, 0.15) is 0 Å². The largest absolute Gasteiger partial charge is 0.0767 e. The molecule has 0 spiro atoms. The summed E-state index contributed by atoms with van der Waals surface area (Å²) in [5, 5.41) is 0. The molecule has 0 aromatic heterocycles. The van der Waals surface area contributed by atoms with E-state index < -0.39 is 7.25 Å². The third-order valence-corrected chi connectivity index (χ3v) is 0.556. The van der Waals surface area contributed by atoms with E-state index >= 15 is 0 Å². The Morgan fingerprint density at radius 3 is 0.895 bits per heavy atom. The number of hydrogen-bond acceptors (Lipinski definition) is 0. The van der Waals surface area contributed by atoms with Crippen molar-refractivity contribution in [1.82, 2.24) is 0 Å². The van der Waals surface area contributed by atoms with E-state index in [0.717, 1.165) is 0 Å². The van der Waals surface area contributed by atoms with Gasteiger partial charge >= 0.3 is 41.2 Å². The maximum absolute atomic E-state index is 9.75. The number of rotatable bonds is 0. The van der Waals surface area contributed by atoms with Crippen molar-refractivity contribution in [1.29, 1.82) is 0 Å². The van der Waals surface area contributed by atoms with Gasteiger partial charge in [-0.1, -0.05) is 24.3 Å². The molecule has 19 heavy (non-hydrogen) atoms. The molecule has 0 unspecified atom stereocenters. The topological polar surface area (TPSA) is 59.7 Å². The van der Waals surface area contributed by atoms with Gasteiger partial charge in [0.1, 0.15) is 0 Å². The van der Waals surface area contributed by atoms with Gasteiger partial charge in [-0.05, 0) is 0 Å². The van der Waals surface area contributed by atoms with Crippen molar-refractivity contribution in [3.8, 4) is 0 Å². The van der Waals surface area contributed by atoms with E-state index in [2.05, 4.69) is 33.1 Å². The fourth-order valence-electron chi connectivity index (χ4n) is 0.321. The van der Waals surface area contributed by atoms with E-state index in [1.165, 1.54) is 0 Å².